The Kier molecular flexibility index (Phi) is 6.28. The second-order valence-corrected chi connectivity index (χ2v) is 9.38. The third kappa shape index (κ3) is 4.46. The quantitative estimate of drug-likeness (QED) is 0.597. The number of hydrogen-bond acceptors (Lipinski definition) is 6. The van der Waals surface area contributed by atoms with Crippen molar-refractivity contribution in [2.24, 2.45) is 0 Å². The summed E-state index contributed by atoms with van der Waals surface area (Å²) >= 11 is 1.47. The van der Waals surface area contributed by atoms with Crippen molar-refractivity contribution < 1.29 is 4.79 Å². The Morgan fingerprint density at radius 1 is 1.27 bits per heavy atom. The summed E-state index contributed by atoms with van der Waals surface area (Å²) < 4.78 is 2.24. The van der Waals surface area contributed by atoms with E-state index in [1.807, 2.05) is 38.1 Å². The normalized spacial score (nSPS) is 17.0. The van der Waals surface area contributed by atoms with Gasteiger partial charge in [0.15, 0.2) is 5.16 Å². The van der Waals surface area contributed by atoms with E-state index in [0.29, 0.717) is 19.0 Å². The van der Waals surface area contributed by atoms with Gasteiger partial charge in [-0.25, -0.2) is 0 Å². The molecule has 2 heterocycles. The summed E-state index contributed by atoms with van der Waals surface area (Å²) in [6, 6.07) is 10.5. The maximum atomic E-state index is 13.3. The van der Waals surface area contributed by atoms with Crippen LogP contribution in [0, 0.1) is 18.3 Å². The molecule has 2 aromatic rings. The zero-order valence-corrected chi connectivity index (χ0v) is 18.4. The number of anilines is 2. The summed E-state index contributed by atoms with van der Waals surface area (Å²) in [7, 11) is 0. The van der Waals surface area contributed by atoms with Crippen molar-refractivity contribution in [1.82, 2.24) is 14.8 Å². The maximum Gasteiger partial charge on any atom is 0.240 e. The topological polar surface area (TPSA) is 78.0 Å². The summed E-state index contributed by atoms with van der Waals surface area (Å²) in [5, 5.41) is 18.5. The van der Waals surface area contributed by atoms with Crippen LogP contribution in [-0.4, -0.2) is 45.6 Å². The van der Waals surface area contributed by atoms with Crippen molar-refractivity contribution in [3.8, 4) is 6.07 Å². The predicted octanol–water partition coefficient (Wildman–Crippen LogP) is 3.95. The average Bonchev–Trinajstić information content (AvgIpc) is 3.27. The molecule has 1 aromatic heterocycles. The Balaban J connectivity index is 1.53. The van der Waals surface area contributed by atoms with Gasteiger partial charge in [-0.1, -0.05) is 29.5 Å². The molecule has 8 heteroatoms. The SMILES string of the molecule is Cc1ccc(N(CCC#N)C(=O)C(C)Sc2nnc(N3CCCC3)n2C2CC2)cc1. The first-order valence-corrected chi connectivity index (χ1v) is 11.6. The molecule has 7 nitrogen and oxygen atoms in total. The van der Waals surface area contributed by atoms with Crippen LogP contribution in [0.1, 0.15) is 50.6 Å². The van der Waals surface area contributed by atoms with Crippen LogP contribution in [0.3, 0.4) is 0 Å². The molecule has 1 atom stereocenters. The molecule has 1 aliphatic carbocycles. The van der Waals surface area contributed by atoms with Crippen LogP contribution in [0.2, 0.25) is 0 Å². The first-order chi connectivity index (χ1) is 14.6. The van der Waals surface area contributed by atoms with Gasteiger partial charge >= 0.3 is 0 Å². The van der Waals surface area contributed by atoms with E-state index in [1.165, 1.54) is 24.6 Å². The third-order valence-electron chi connectivity index (χ3n) is 5.64. The van der Waals surface area contributed by atoms with E-state index < -0.39 is 0 Å². The van der Waals surface area contributed by atoms with E-state index in [-0.39, 0.29) is 11.2 Å². The molecule has 2 aliphatic rings. The second-order valence-electron chi connectivity index (χ2n) is 8.07. The summed E-state index contributed by atoms with van der Waals surface area (Å²) in [6.45, 7) is 6.38. The highest BCUT2D eigenvalue weighted by molar-refractivity contribution is 8.00. The number of rotatable bonds is 8. The lowest BCUT2D eigenvalue weighted by atomic mass is 10.2. The Morgan fingerprint density at radius 2 is 1.97 bits per heavy atom. The average molecular weight is 425 g/mol. The number of nitrogens with zero attached hydrogens (tertiary/aromatic N) is 6. The third-order valence-corrected chi connectivity index (χ3v) is 6.68. The Morgan fingerprint density at radius 3 is 2.60 bits per heavy atom. The molecule has 30 heavy (non-hydrogen) atoms. The second kappa shape index (κ2) is 9.09. The van der Waals surface area contributed by atoms with Crippen LogP contribution in [0.25, 0.3) is 0 Å². The molecule has 1 saturated heterocycles. The monoisotopic (exact) mass is 424 g/mol. The highest BCUT2D eigenvalue weighted by atomic mass is 32.2. The molecule has 1 aliphatic heterocycles. The standard InChI is InChI=1S/C22H28N6OS/c1-16-6-8-18(9-7-16)27(15-5-12-23)20(29)17(2)30-22-25-24-21(26-13-3-4-14-26)28(22)19-10-11-19/h6-9,17,19H,3-5,10-11,13-15H2,1-2H3. The van der Waals surface area contributed by atoms with Gasteiger partial charge in [0.25, 0.3) is 0 Å². The van der Waals surface area contributed by atoms with Gasteiger partial charge in [0.2, 0.25) is 11.9 Å². The molecule has 4 rings (SSSR count). The Hall–Kier alpha value is -2.53. The molecule has 1 unspecified atom stereocenters. The molecule has 1 aromatic carbocycles. The fourth-order valence-electron chi connectivity index (χ4n) is 3.82. The predicted molar refractivity (Wildman–Crippen MR) is 119 cm³/mol. The van der Waals surface area contributed by atoms with Gasteiger partial charge in [0.1, 0.15) is 0 Å². The van der Waals surface area contributed by atoms with E-state index >= 15 is 0 Å². The number of carbonyl (C=O) groups is 1. The van der Waals surface area contributed by atoms with Crippen LogP contribution < -0.4 is 9.80 Å². The number of nitriles is 1. The van der Waals surface area contributed by atoms with Gasteiger partial charge in [-0.3, -0.25) is 9.36 Å². The van der Waals surface area contributed by atoms with E-state index in [4.69, 9.17) is 5.26 Å². The van der Waals surface area contributed by atoms with E-state index in [0.717, 1.165) is 48.3 Å². The number of amides is 1. The van der Waals surface area contributed by atoms with Crippen LogP contribution in [0.4, 0.5) is 11.6 Å². The minimum absolute atomic E-state index is 0.00725. The van der Waals surface area contributed by atoms with Crippen molar-refractivity contribution in [3.63, 3.8) is 0 Å². The van der Waals surface area contributed by atoms with Crippen LogP contribution in [-0.2, 0) is 4.79 Å². The fourth-order valence-corrected chi connectivity index (χ4v) is 4.79. The number of carbonyl (C=O) groups excluding carboxylic acids is 1. The van der Waals surface area contributed by atoms with Gasteiger partial charge in [0, 0.05) is 31.4 Å². The van der Waals surface area contributed by atoms with Crippen molar-refractivity contribution in [3.05, 3.63) is 29.8 Å². The van der Waals surface area contributed by atoms with Crippen LogP contribution in [0.15, 0.2) is 29.4 Å². The molecule has 1 amide bonds. The van der Waals surface area contributed by atoms with E-state index in [2.05, 4.69) is 25.7 Å². The van der Waals surface area contributed by atoms with Crippen molar-refractivity contribution in [1.29, 1.82) is 5.26 Å². The van der Waals surface area contributed by atoms with E-state index in [9.17, 15) is 4.79 Å². The summed E-state index contributed by atoms with van der Waals surface area (Å²) in [5.74, 6) is 0.948. The lowest BCUT2D eigenvalue weighted by Gasteiger charge is -2.25. The van der Waals surface area contributed by atoms with Crippen molar-refractivity contribution >= 4 is 29.3 Å². The molecular formula is C22H28N6OS. The Labute approximate surface area is 182 Å². The lowest BCUT2D eigenvalue weighted by Crippen LogP contribution is -2.37. The zero-order chi connectivity index (χ0) is 21.1. The van der Waals surface area contributed by atoms with Gasteiger partial charge in [-0.05, 0) is 51.7 Å². The van der Waals surface area contributed by atoms with Crippen molar-refractivity contribution in [2.45, 2.75) is 62.4 Å². The van der Waals surface area contributed by atoms with Crippen LogP contribution in [0.5, 0.6) is 0 Å². The smallest absolute Gasteiger partial charge is 0.240 e. The Bertz CT molecular complexity index is 924. The largest absolute Gasteiger partial charge is 0.341 e. The molecule has 1 saturated carbocycles. The molecule has 0 N–H and O–H groups in total. The minimum Gasteiger partial charge on any atom is -0.341 e. The number of thioether (sulfide) groups is 1. The molecule has 0 spiro atoms. The fraction of sp³-hybridized carbons (Fsp3) is 0.545. The first-order valence-electron chi connectivity index (χ1n) is 10.7. The highest BCUT2D eigenvalue weighted by Gasteiger charge is 2.34. The minimum atomic E-state index is -0.321. The summed E-state index contributed by atoms with van der Waals surface area (Å²) in [6.07, 6.45) is 4.98. The van der Waals surface area contributed by atoms with Gasteiger partial charge in [-0.2, -0.15) is 5.26 Å². The first kappa shape index (κ1) is 20.7. The molecular weight excluding hydrogens is 396 g/mol. The highest BCUT2D eigenvalue weighted by Crippen LogP contribution is 2.42. The van der Waals surface area contributed by atoms with Crippen molar-refractivity contribution in [2.75, 3.05) is 29.4 Å². The zero-order valence-electron chi connectivity index (χ0n) is 17.6. The number of aryl methyl sites for hydroxylation is 1. The molecule has 158 valence electrons. The van der Waals surface area contributed by atoms with Gasteiger partial charge in [-0.15, -0.1) is 10.2 Å². The molecule has 2 fully saturated rings. The van der Waals surface area contributed by atoms with E-state index in [1.54, 1.807) is 4.90 Å². The summed E-state index contributed by atoms with van der Waals surface area (Å²) in [4.78, 5) is 17.4. The van der Waals surface area contributed by atoms with Crippen LogP contribution >= 0.6 is 11.8 Å². The summed E-state index contributed by atoms with van der Waals surface area (Å²) in [5.41, 5.74) is 1.97. The molecule has 0 radical (unpaired) electrons. The lowest BCUT2D eigenvalue weighted by molar-refractivity contribution is -0.117. The molecule has 0 bridgehead atoms. The van der Waals surface area contributed by atoms with Gasteiger partial charge in [0.05, 0.1) is 17.7 Å². The number of benzene rings is 1. The maximum absolute atomic E-state index is 13.3. The van der Waals surface area contributed by atoms with Gasteiger partial charge < -0.3 is 9.80 Å². The number of aromatic nitrogens is 3. The number of hydrogen-bond donors (Lipinski definition) is 0.